The van der Waals surface area contributed by atoms with Gasteiger partial charge in [-0.2, -0.15) is 13.2 Å². The van der Waals surface area contributed by atoms with E-state index < -0.39 is 35.9 Å². The molecule has 2 unspecified atom stereocenters. The van der Waals surface area contributed by atoms with Crippen LogP contribution in [-0.4, -0.2) is 71.0 Å². The fourth-order valence-electron chi connectivity index (χ4n) is 3.08. The number of aliphatic carboxylic acids is 2. The lowest BCUT2D eigenvalue weighted by Crippen LogP contribution is -2.42. The average Bonchev–Trinajstić information content (AvgIpc) is 2.77. The number of piperidine rings is 1. The first-order valence-corrected chi connectivity index (χ1v) is 10.1. The first kappa shape index (κ1) is 28.7. The van der Waals surface area contributed by atoms with Crippen LogP contribution in [0.25, 0.3) is 0 Å². The third-order valence-corrected chi connectivity index (χ3v) is 4.83. The van der Waals surface area contributed by atoms with Crippen molar-refractivity contribution < 1.29 is 47.3 Å². The minimum Gasteiger partial charge on any atom is -0.479 e. The van der Waals surface area contributed by atoms with Crippen LogP contribution in [0.15, 0.2) is 24.3 Å². The number of benzene rings is 1. The highest BCUT2D eigenvalue weighted by Crippen LogP contribution is 2.19. The minimum atomic E-state index is -5.08. The summed E-state index contributed by atoms with van der Waals surface area (Å²) in [6, 6.07) is 6.40. The number of nitrogens with two attached hydrogens (primary N) is 1. The molecule has 1 aromatic rings. The lowest BCUT2D eigenvalue weighted by atomic mass is 9.91. The van der Waals surface area contributed by atoms with Crippen molar-refractivity contribution in [2.24, 2.45) is 11.7 Å². The van der Waals surface area contributed by atoms with Gasteiger partial charge >= 0.3 is 18.1 Å². The molecule has 0 aliphatic carbocycles. The number of carbonyl (C=O) groups excluding carboxylic acids is 2. The molecular formula is C21H26F3N3O7. The van der Waals surface area contributed by atoms with Crippen molar-refractivity contribution in [3.05, 3.63) is 35.4 Å². The van der Waals surface area contributed by atoms with Gasteiger partial charge in [-0.3, -0.25) is 15.0 Å². The van der Waals surface area contributed by atoms with Gasteiger partial charge in [0.05, 0.1) is 6.10 Å². The SMILES string of the molecule is CC(CC(=O)c1ccccc1C(=N)N)C(=O)C(OC1CCNCC1)C(=O)O.O=C(O)C(F)(F)F. The van der Waals surface area contributed by atoms with E-state index in [0.29, 0.717) is 31.5 Å². The van der Waals surface area contributed by atoms with Crippen LogP contribution in [0.3, 0.4) is 0 Å². The number of ether oxygens (including phenoxy) is 1. The Bertz CT molecular complexity index is 915. The highest BCUT2D eigenvalue weighted by atomic mass is 19.4. The second-order valence-corrected chi connectivity index (χ2v) is 7.50. The Hall–Kier alpha value is -3.32. The summed E-state index contributed by atoms with van der Waals surface area (Å²) in [7, 11) is 0. The van der Waals surface area contributed by atoms with Gasteiger partial charge in [0.1, 0.15) is 5.84 Å². The second-order valence-electron chi connectivity index (χ2n) is 7.50. The topological polar surface area (TPSA) is 180 Å². The van der Waals surface area contributed by atoms with Gasteiger partial charge in [-0.15, -0.1) is 0 Å². The molecule has 188 valence electrons. The molecule has 2 rings (SSSR count). The van der Waals surface area contributed by atoms with Crippen molar-refractivity contribution in [2.45, 2.75) is 44.6 Å². The largest absolute Gasteiger partial charge is 0.490 e. The Labute approximate surface area is 192 Å². The molecule has 6 N–H and O–H groups in total. The predicted octanol–water partition coefficient (Wildman–Crippen LogP) is 1.60. The molecule has 1 saturated heterocycles. The standard InChI is InChI=1S/C19H25N3O5.C2HF3O2/c1-11(10-15(23)13-4-2-3-5-14(13)18(20)21)16(24)17(19(25)26)27-12-6-8-22-9-7-12;3-2(4,5)1(6)7/h2-5,11-12,17,22H,6-10H2,1H3,(H3,20,21)(H,25,26);(H,6,7). The van der Waals surface area contributed by atoms with Gasteiger partial charge in [-0.05, 0) is 25.9 Å². The summed E-state index contributed by atoms with van der Waals surface area (Å²) < 4.78 is 37.3. The molecule has 0 radical (unpaired) electrons. The minimum absolute atomic E-state index is 0.178. The number of nitrogens with one attached hydrogen (secondary N) is 2. The number of alkyl halides is 3. The number of Topliss-reactive ketones (excluding diaryl/α,β-unsaturated/α-hetero) is 2. The van der Waals surface area contributed by atoms with E-state index in [4.69, 9.17) is 25.8 Å². The molecule has 0 saturated carbocycles. The van der Waals surface area contributed by atoms with Gasteiger partial charge in [0.2, 0.25) is 6.10 Å². The molecule has 0 amide bonds. The molecule has 13 heteroatoms. The third kappa shape index (κ3) is 8.90. The number of halogens is 3. The molecule has 1 aliphatic rings. The first-order valence-electron chi connectivity index (χ1n) is 10.1. The van der Waals surface area contributed by atoms with E-state index in [9.17, 15) is 32.7 Å². The van der Waals surface area contributed by atoms with E-state index >= 15 is 0 Å². The number of rotatable bonds is 9. The lowest BCUT2D eigenvalue weighted by molar-refractivity contribution is -0.192. The van der Waals surface area contributed by atoms with Crippen molar-refractivity contribution >= 4 is 29.3 Å². The molecule has 0 bridgehead atoms. The third-order valence-electron chi connectivity index (χ3n) is 4.83. The Morgan fingerprint density at radius 3 is 2.09 bits per heavy atom. The maximum atomic E-state index is 12.6. The first-order chi connectivity index (χ1) is 15.8. The normalized spacial score (nSPS) is 15.9. The quantitative estimate of drug-likeness (QED) is 0.149. The van der Waals surface area contributed by atoms with E-state index in [1.807, 2.05) is 0 Å². The molecule has 10 nitrogen and oxygen atoms in total. The number of hydrogen-bond acceptors (Lipinski definition) is 7. The summed E-state index contributed by atoms with van der Waals surface area (Å²) in [4.78, 5) is 45.6. The smallest absolute Gasteiger partial charge is 0.479 e. The van der Waals surface area contributed by atoms with Crippen molar-refractivity contribution in [1.29, 1.82) is 5.41 Å². The Morgan fingerprint density at radius 1 is 1.15 bits per heavy atom. The maximum Gasteiger partial charge on any atom is 0.490 e. The number of carboxylic acids is 2. The number of ketones is 2. The molecule has 1 aliphatic heterocycles. The van der Waals surface area contributed by atoms with Crippen molar-refractivity contribution in [1.82, 2.24) is 5.32 Å². The van der Waals surface area contributed by atoms with Crippen LogP contribution in [0.5, 0.6) is 0 Å². The molecule has 2 atom stereocenters. The highest BCUT2D eigenvalue weighted by molar-refractivity contribution is 6.10. The zero-order chi connectivity index (χ0) is 26.1. The molecule has 0 spiro atoms. The van der Waals surface area contributed by atoms with Crippen LogP contribution in [0.4, 0.5) is 13.2 Å². The number of carboxylic acid groups (broad SMARTS) is 2. The number of nitrogen functional groups attached to an aromatic ring is 1. The summed E-state index contributed by atoms with van der Waals surface area (Å²) in [5, 5.41) is 27.2. The number of carbonyl (C=O) groups is 4. The van der Waals surface area contributed by atoms with Crippen LogP contribution in [0, 0.1) is 11.3 Å². The predicted molar refractivity (Wildman–Crippen MR) is 113 cm³/mol. The van der Waals surface area contributed by atoms with E-state index in [2.05, 4.69) is 5.32 Å². The van der Waals surface area contributed by atoms with Gasteiger partial charge in [0.15, 0.2) is 11.6 Å². The lowest BCUT2D eigenvalue weighted by Gasteiger charge is -2.26. The van der Waals surface area contributed by atoms with Gasteiger partial charge in [0, 0.05) is 23.5 Å². The van der Waals surface area contributed by atoms with Crippen molar-refractivity contribution in [2.75, 3.05) is 13.1 Å². The van der Waals surface area contributed by atoms with Crippen LogP contribution < -0.4 is 11.1 Å². The summed E-state index contributed by atoms with van der Waals surface area (Å²) in [6.07, 6.45) is -5.87. The zero-order valence-corrected chi connectivity index (χ0v) is 18.2. The van der Waals surface area contributed by atoms with Crippen molar-refractivity contribution in [3.8, 4) is 0 Å². The van der Waals surface area contributed by atoms with Crippen LogP contribution in [-0.2, 0) is 19.1 Å². The van der Waals surface area contributed by atoms with E-state index in [1.54, 1.807) is 18.2 Å². The summed E-state index contributed by atoms with van der Waals surface area (Å²) in [6.45, 7) is 2.93. The number of amidine groups is 1. The van der Waals surface area contributed by atoms with Crippen LogP contribution >= 0.6 is 0 Å². The average molecular weight is 489 g/mol. The maximum absolute atomic E-state index is 12.6. The molecule has 0 aromatic heterocycles. The Morgan fingerprint density at radius 2 is 1.65 bits per heavy atom. The van der Waals surface area contributed by atoms with E-state index in [-0.39, 0.29) is 29.7 Å². The molecule has 1 aromatic carbocycles. The molecule has 1 heterocycles. The summed E-state index contributed by atoms with van der Waals surface area (Å²) in [5.74, 6) is -6.17. The summed E-state index contributed by atoms with van der Waals surface area (Å²) in [5.41, 5.74) is 6.04. The monoisotopic (exact) mass is 489 g/mol. The van der Waals surface area contributed by atoms with Crippen molar-refractivity contribution in [3.63, 3.8) is 0 Å². The number of hydrogen-bond donors (Lipinski definition) is 5. The van der Waals surface area contributed by atoms with Crippen LogP contribution in [0.1, 0.15) is 42.1 Å². The Kier molecular flexibility index (Phi) is 10.8. The fraction of sp³-hybridized carbons (Fsp3) is 0.476. The fourth-order valence-corrected chi connectivity index (χ4v) is 3.08. The van der Waals surface area contributed by atoms with E-state index in [0.717, 1.165) is 0 Å². The Balaban J connectivity index is 0.000000718. The van der Waals surface area contributed by atoms with E-state index in [1.165, 1.54) is 13.0 Å². The van der Waals surface area contributed by atoms with Crippen LogP contribution in [0.2, 0.25) is 0 Å². The molecular weight excluding hydrogens is 463 g/mol. The highest BCUT2D eigenvalue weighted by Gasteiger charge is 2.38. The van der Waals surface area contributed by atoms with Gasteiger partial charge in [-0.25, -0.2) is 9.59 Å². The molecule has 34 heavy (non-hydrogen) atoms. The van der Waals surface area contributed by atoms with Gasteiger partial charge in [0.25, 0.3) is 0 Å². The molecule has 1 fully saturated rings. The van der Waals surface area contributed by atoms with Gasteiger partial charge < -0.3 is 26.0 Å². The second kappa shape index (κ2) is 12.8. The zero-order valence-electron chi connectivity index (χ0n) is 18.2. The van der Waals surface area contributed by atoms with Gasteiger partial charge in [-0.1, -0.05) is 31.2 Å². The summed E-state index contributed by atoms with van der Waals surface area (Å²) >= 11 is 0.